The van der Waals surface area contributed by atoms with Crippen molar-refractivity contribution in [2.24, 2.45) is 10.9 Å². The molecule has 1 aliphatic carbocycles. The minimum Gasteiger partial charge on any atom is -0.320 e. The summed E-state index contributed by atoms with van der Waals surface area (Å²) >= 11 is 1.63. The quantitative estimate of drug-likeness (QED) is 0.862. The van der Waals surface area contributed by atoms with Gasteiger partial charge in [-0.3, -0.25) is 9.78 Å². The van der Waals surface area contributed by atoms with Crippen LogP contribution in [-0.4, -0.2) is 15.5 Å². The molecule has 1 saturated carbocycles. The van der Waals surface area contributed by atoms with Crippen molar-refractivity contribution >= 4 is 17.2 Å². The van der Waals surface area contributed by atoms with E-state index in [1.807, 2.05) is 6.07 Å². The van der Waals surface area contributed by atoms with Gasteiger partial charge in [0.1, 0.15) is 5.69 Å². The maximum Gasteiger partial charge on any atom is 0.298 e. The number of hydrogen-bond acceptors (Lipinski definition) is 3. The molecule has 5 heteroatoms. The number of rotatable bonds is 3. The maximum absolute atomic E-state index is 12.4. The third-order valence-electron chi connectivity index (χ3n) is 4.06. The van der Waals surface area contributed by atoms with Crippen molar-refractivity contribution in [1.82, 2.24) is 9.55 Å². The first kappa shape index (κ1) is 16.1. The molecule has 0 bridgehead atoms. The number of pyridine rings is 1. The molecule has 1 fully saturated rings. The first-order valence-corrected chi connectivity index (χ1v) is 8.88. The molecule has 0 N–H and O–H groups in total. The van der Waals surface area contributed by atoms with Gasteiger partial charge in [0.05, 0.1) is 0 Å². The second kappa shape index (κ2) is 6.04. The van der Waals surface area contributed by atoms with Crippen LogP contribution in [0.15, 0.2) is 29.4 Å². The van der Waals surface area contributed by atoms with Crippen LogP contribution in [0.1, 0.15) is 54.7 Å². The van der Waals surface area contributed by atoms with E-state index in [-0.39, 0.29) is 11.3 Å². The second-order valence-corrected chi connectivity index (χ2v) is 8.21. The Morgan fingerprint density at radius 3 is 2.70 bits per heavy atom. The molecule has 0 aromatic carbocycles. The average Bonchev–Trinajstić information content (AvgIpc) is 3.26. The Bertz CT molecular complexity index is 777. The summed E-state index contributed by atoms with van der Waals surface area (Å²) in [6, 6.07) is 5.33. The molecule has 1 amide bonds. The molecule has 3 rings (SSSR count). The molecule has 1 aliphatic rings. The lowest BCUT2D eigenvalue weighted by atomic mass is 9.93. The summed E-state index contributed by atoms with van der Waals surface area (Å²) in [7, 11) is 0. The molecule has 0 unspecified atom stereocenters. The SMILES string of the molecule is Cc1c(C(C)(C)C)sc(=NC(=O)c2ccccn2)n1CC1CC1. The average molecular weight is 329 g/mol. The lowest BCUT2D eigenvalue weighted by Gasteiger charge is -2.17. The molecule has 0 atom stereocenters. The molecule has 0 spiro atoms. The smallest absolute Gasteiger partial charge is 0.298 e. The van der Waals surface area contributed by atoms with Gasteiger partial charge in [0, 0.05) is 23.3 Å². The van der Waals surface area contributed by atoms with Crippen LogP contribution < -0.4 is 4.80 Å². The first-order chi connectivity index (χ1) is 10.9. The van der Waals surface area contributed by atoms with Crippen molar-refractivity contribution in [2.75, 3.05) is 0 Å². The topological polar surface area (TPSA) is 47.2 Å². The fraction of sp³-hybridized carbons (Fsp3) is 0.500. The van der Waals surface area contributed by atoms with Crippen LogP contribution >= 0.6 is 11.3 Å². The number of carbonyl (C=O) groups is 1. The third kappa shape index (κ3) is 3.61. The zero-order valence-electron chi connectivity index (χ0n) is 14.2. The van der Waals surface area contributed by atoms with E-state index in [2.05, 4.69) is 42.2 Å². The zero-order chi connectivity index (χ0) is 16.6. The molecule has 2 heterocycles. The second-order valence-electron chi connectivity index (χ2n) is 7.24. The van der Waals surface area contributed by atoms with Gasteiger partial charge >= 0.3 is 0 Å². The number of aromatic nitrogens is 2. The van der Waals surface area contributed by atoms with Crippen molar-refractivity contribution in [3.8, 4) is 0 Å². The Labute approximate surface area is 140 Å². The van der Waals surface area contributed by atoms with Gasteiger partial charge in [-0.2, -0.15) is 4.99 Å². The van der Waals surface area contributed by atoms with Gasteiger partial charge in [-0.15, -0.1) is 11.3 Å². The van der Waals surface area contributed by atoms with E-state index in [1.165, 1.54) is 23.4 Å². The van der Waals surface area contributed by atoms with Crippen LogP contribution in [0.5, 0.6) is 0 Å². The minimum absolute atomic E-state index is 0.0574. The summed E-state index contributed by atoms with van der Waals surface area (Å²) in [5, 5.41) is 0. The lowest BCUT2D eigenvalue weighted by molar-refractivity contribution is 0.0993. The highest BCUT2D eigenvalue weighted by Crippen LogP contribution is 2.33. The van der Waals surface area contributed by atoms with Gasteiger partial charge < -0.3 is 4.57 Å². The standard InChI is InChI=1S/C18H23N3OS/c1-12-15(18(2,3)4)23-17(21(12)11-13-8-9-13)20-16(22)14-7-5-6-10-19-14/h5-7,10,13H,8-9,11H2,1-4H3. The summed E-state index contributed by atoms with van der Waals surface area (Å²) in [5.74, 6) is 0.469. The van der Waals surface area contributed by atoms with Crippen molar-refractivity contribution in [3.63, 3.8) is 0 Å². The van der Waals surface area contributed by atoms with Crippen molar-refractivity contribution in [3.05, 3.63) is 45.5 Å². The Kier molecular flexibility index (Phi) is 4.23. The van der Waals surface area contributed by atoms with E-state index in [0.29, 0.717) is 5.69 Å². The van der Waals surface area contributed by atoms with Gasteiger partial charge in [0.25, 0.3) is 5.91 Å². The highest BCUT2D eigenvalue weighted by molar-refractivity contribution is 7.09. The largest absolute Gasteiger partial charge is 0.320 e. The van der Waals surface area contributed by atoms with E-state index in [4.69, 9.17) is 0 Å². The fourth-order valence-electron chi connectivity index (χ4n) is 2.67. The summed E-state index contributed by atoms with van der Waals surface area (Å²) in [6.45, 7) is 9.73. The van der Waals surface area contributed by atoms with E-state index in [0.717, 1.165) is 17.3 Å². The summed E-state index contributed by atoms with van der Waals surface area (Å²) in [6.07, 6.45) is 4.18. The molecular weight excluding hydrogens is 306 g/mol. The van der Waals surface area contributed by atoms with Crippen LogP contribution in [0.2, 0.25) is 0 Å². The van der Waals surface area contributed by atoms with Crippen molar-refractivity contribution < 1.29 is 4.79 Å². The molecule has 2 aromatic rings. The number of thiazole rings is 1. The Balaban J connectivity index is 2.06. The summed E-state index contributed by atoms with van der Waals surface area (Å²) < 4.78 is 2.23. The Morgan fingerprint density at radius 1 is 1.39 bits per heavy atom. The Morgan fingerprint density at radius 2 is 2.13 bits per heavy atom. The summed E-state index contributed by atoms with van der Waals surface area (Å²) in [5.41, 5.74) is 1.69. The van der Waals surface area contributed by atoms with Crippen LogP contribution in [0.4, 0.5) is 0 Å². The van der Waals surface area contributed by atoms with E-state index >= 15 is 0 Å². The predicted octanol–water partition coefficient (Wildman–Crippen LogP) is 3.70. The van der Waals surface area contributed by atoms with Gasteiger partial charge in [0.2, 0.25) is 0 Å². The number of hydrogen-bond donors (Lipinski definition) is 0. The predicted molar refractivity (Wildman–Crippen MR) is 92.6 cm³/mol. The molecule has 122 valence electrons. The van der Waals surface area contributed by atoms with Gasteiger partial charge in [-0.1, -0.05) is 26.8 Å². The molecule has 23 heavy (non-hydrogen) atoms. The van der Waals surface area contributed by atoms with Crippen LogP contribution in [-0.2, 0) is 12.0 Å². The molecule has 0 aliphatic heterocycles. The third-order valence-corrected chi connectivity index (χ3v) is 5.66. The Hall–Kier alpha value is -1.75. The van der Waals surface area contributed by atoms with Crippen molar-refractivity contribution in [1.29, 1.82) is 0 Å². The van der Waals surface area contributed by atoms with Gasteiger partial charge in [-0.25, -0.2) is 0 Å². The minimum atomic E-state index is -0.267. The van der Waals surface area contributed by atoms with Crippen LogP contribution in [0.25, 0.3) is 0 Å². The zero-order valence-corrected chi connectivity index (χ0v) is 15.0. The van der Waals surface area contributed by atoms with E-state index in [1.54, 1.807) is 29.7 Å². The van der Waals surface area contributed by atoms with Gasteiger partial charge in [-0.05, 0) is 43.2 Å². The monoisotopic (exact) mass is 329 g/mol. The first-order valence-electron chi connectivity index (χ1n) is 8.07. The molecule has 4 nitrogen and oxygen atoms in total. The van der Waals surface area contributed by atoms with E-state index < -0.39 is 0 Å². The molecule has 2 aromatic heterocycles. The highest BCUT2D eigenvalue weighted by atomic mass is 32.1. The number of amides is 1. The van der Waals surface area contributed by atoms with Gasteiger partial charge in [0.15, 0.2) is 4.80 Å². The van der Waals surface area contributed by atoms with Crippen molar-refractivity contribution in [2.45, 2.75) is 52.5 Å². The molecular formula is C18H23N3OS. The highest BCUT2D eigenvalue weighted by Gasteiger charge is 2.27. The maximum atomic E-state index is 12.4. The lowest BCUT2D eigenvalue weighted by Crippen LogP contribution is -2.20. The van der Waals surface area contributed by atoms with Crippen LogP contribution in [0, 0.1) is 12.8 Å². The fourth-order valence-corrected chi connectivity index (χ4v) is 3.87. The number of nitrogens with zero attached hydrogens (tertiary/aromatic N) is 3. The molecule has 0 radical (unpaired) electrons. The van der Waals surface area contributed by atoms with E-state index in [9.17, 15) is 4.79 Å². The normalized spacial score (nSPS) is 15.9. The summed E-state index contributed by atoms with van der Waals surface area (Å²) in [4.78, 5) is 23.0. The molecule has 0 saturated heterocycles. The number of carbonyl (C=O) groups excluding carboxylic acids is 1. The van der Waals surface area contributed by atoms with Crippen LogP contribution in [0.3, 0.4) is 0 Å².